The van der Waals surface area contributed by atoms with Gasteiger partial charge in [-0.05, 0) is 77.0 Å². The van der Waals surface area contributed by atoms with Gasteiger partial charge in [0.05, 0.1) is 0 Å². The second-order valence-electron chi connectivity index (χ2n) is 12.2. The molecule has 0 aromatic rings. The maximum absolute atomic E-state index is 6.08. The average Bonchev–Trinajstić information content (AvgIpc) is 3.02. The van der Waals surface area contributed by atoms with Gasteiger partial charge in [0.2, 0.25) is 0 Å². The molecule has 0 amide bonds. The predicted molar refractivity (Wildman–Crippen MR) is 191 cm³/mol. The number of hydrogen-bond donors (Lipinski definition) is 0. The van der Waals surface area contributed by atoms with E-state index in [1.54, 1.807) is 14.2 Å². The van der Waals surface area contributed by atoms with E-state index in [1.165, 1.54) is 141 Å². The number of ether oxygens (including phenoxy) is 3. The Kier molecular flexibility index (Phi) is 36.0. The lowest BCUT2D eigenvalue weighted by molar-refractivity contribution is -0.232. The van der Waals surface area contributed by atoms with Crippen molar-refractivity contribution in [1.29, 1.82) is 0 Å². The molecule has 0 bridgehead atoms. The van der Waals surface area contributed by atoms with Crippen molar-refractivity contribution in [1.82, 2.24) is 0 Å². The van der Waals surface area contributed by atoms with Crippen LogP contribution in [0, 0.1) is 0 Å². The Bertz CT molecular complexity index is 582. The maximum Gasteiger partial charge on any atom is 0.160 e. The second-order valence-corrected chi connectivity index (χ2v) is 12.2. The summed E-state index contributed by atoms with van der Waals surface area (Å²) < 4.78 is 17.2. The highest BCUT2D eigenvalue weighted by Crippen LogP contribution is 2.15. The first-order valence-electron chi connectivity index (χ1n) is 18.6. The molecule has 43 heavy (non-hydrogen) atoms. The minimum atomic E-state index is -0.211. The molecule has 0 fully saturated rings. The Morgan fingerprint density at radius 2 is 0.605 bits per heavy atom. The van der Waals surface area contributed by atoms with Crippen LogP contribution in [0.3, 0.4) is 0 Å². The van der Waals surface area contributed by atoms with Crippen LogP contribution in [0.1, 0.15) is 181 Å². The monoisotopic (exact) mass is 603 g/mol. The molecule has 0 aliphatic heterocycles. The average molecular weight is 603 g/mol. The highest BCUT2D eigenvalue weighted by molar-refractivity contribution is 4.84. The van der Waals surface area contributed by atoms with E-state index in [2.05, 4.69) is 62.5 Å². The first kappa shape index (κ1) is 41.8. The summed E-state index contributed by atoms with van der Waals surface area (Å²) in [5, 5.41) is 0. The molecule has 0 saturated heterocycles. The molecule has 0 aliphatic carbocycles. The van der Waals surface area contributed by atoms with Gasteiger partial charge in [-0.25, -0.2) is 0 Å². The summed E-state index contributed by atoms with van der Waals surface area (Å²) in [5.74, 6) is 0. The lowest BCUT2D eigenvalue weighted by atomic mass is 10.1. The van der Waals surface area contributed by atoms with Gasteiger partial charge in [0.1, 0.15) is 0 Å². The van der Waals surface area contributed by atoms with Crippen molar-refractivity contribution in [2.75, 3.05) is 14.2 Å². The second kappa shape index (κ2) is 37.0. The summed E-state index contributed by atoms with van der Waals surface area (Å²) in [5.41, 5.74) is 0. The van der Waals surface area contributed by atoms with Crippen LogP contribution in [-0.2, 0) is 14.2 Å². The third kappa shape index (κ3) is 33.6. The third-order valence-electron chi connectivity index (χ3n) is 8.07. The normalized spacial score (nSPS) is 13.9. The summed E-state index contributed by atoms with van der Waals surface area (Å²) in [6.45, 7) is 4.52. The summed E-state index contributed by atoms with van der Waals surface area (Å²) in [7, 11) is 3.46. The number of rotatable bonds is 34. The van der Waals surface area contributed by atoms with Crippen LogP contribution < -0.4 is 0 Å². The maximum atomic E-state index is 6.08. The molecule has 0 saturated carbocycles. The lowest BCUT2D eigenvalue weighted by Gasteiger charge is -2.22. The number of allylic oxidation sites excluding steroid dienone is 8. The van der Waals surface area contributed by atoms with E-state index in [0.717, 1.165) is 25.7 Å². The molecular weight excluding hydrogens is 528 g/mol. The van der Waals surface area contributed by atoms with Crippen LogP contribution in [-0.4, -0.2) is 26.8 Å². The quantitative estimate of drug-likeness (QED) is 0.0416. The molecule has 0 rings (SSSR count). The summed E-state index contributed by atoms with van der Waals surface area (Å²) in [6, 6.07) is 0. The van der Waals surface area contributed by atoms with E-state index in [4.69, 9.17) is 14.2 Å². The van der Waals surface area contributed by atoms with Gasteiger partial charge in [0.25, 0.3) is 0 Å². The van der Waals surface area contributed by atoms with Crippen LogP contribution in [0.5, 0.6) is 0 Å². The molecule has 0 aliphatic rings. The summed E-state index contributed by atoms with van der Waals surface area (Å²) >= 11 is 0. The van der Waals surface area contributed by atoms with Gasteiger partial charge in [-0.2, -0.15) is 0 Å². The largest absolute Gasteiger partial charge is 0.356 e. The zero-order valence-corrected chi connectivity index (χ0v) is 29.4. The minimum absolute atomic E-state index is 0.211. The van der Waals surface area contributed by atoms with E-state index in [9.17, 15) is 0 Å². The highest BCUT2D eigenvalue weighted by atomic mass is 16.8. The summed E-state index contributed by atoms with van der Waals surface area (Å²) in [6.07, 6.45) is 51.0. The van der Waals surface area contributed by atoms with Crippen molar-refractivity contribution in [3.05, 3.63) is 48.6 Å². The molecule has 0 heterocycles. The van der Waals surface area contributed by atoms with Crippen LogP contribution in [0.25, 0.3) is 0 Å². The topological polar surface area (TPSA) is 27.7 Å². The zero-order chi connectivity index (χ0) is 31.3. The van der Waals surface area contributed by atoms with Gasteiger partial charge in [-0.3, -0.25) is 0 Å². The molecule has 0 spiro atoms. The van der Waals surface area contributed by atoms with E-state index < -0.39 is 0 Å². The standard InChI is InChI=1S/C40H74O3/c1-5-7-9-11-13-15-17-19-21-23-25-27-29-31-33-35-37-39(41-3)43-40(42-4)38-36-34-32-30-28-26-24-22-20-18-16-14-12-10-8-6-2/h11-14,31-34,39-40H,5-10,15-30,35-38H2,1-4H3. The van der Waals surface area contributed by atoms with Crippen LogP contribution >= 0.6 is 0 Å². The Morgan fingerprint density at radius 3 is 0.884 bits per heavy atom. The molecule has 2 atom stereocenters. The molecule has 252 valence electrons. The van der Waals surface area contributed by atoms with E-state index in [1.807, 2.05) is 0 Å². The van der Waals surface area contributed by atoms with Crippen molar-refractivity contribution < 1.29 is 14.2 Å². The van der Waals surface area contributed by atoms with Gasteiger partial charge >= 0.3 is 0 Å². The Morgan fingerprint density at radius 1 is 0.349 bits per heavy atom. The Balaban J connectivity index is 3.67. The number of unbranched alkanes of at least 4 members (excludes halogenated alkanes) is 18. The minimum Gasteiger partial charge on any atom is -0.356 e. The predicted octanol–water partition coefficient (Wildman–Crippen LogP) is 13.4. The highest BCUT2D eigenvalue weighted by Gasteiger charge is 2.14. The van der Waals surface area contributed by atoms with Crippen molar-refractivity contribution in [3.63, 3.8) is 0 Å². The molecule has 0 aromatic heterocycles. The van der Waals surface area contributed by atoms with Gasteiger partial charge in [0.15, 0.2) is 12.6 Å². The van der Waals surface area contributed by atoms with Gasteiger partial charge < -0.3 is 14.2 Å². The molecular formula is C40H74O3. The first-order chi connectivity index (χ1) is 21.3. The molecule has 0 aromatic carbocycles. The van der Waals surface area contributed by atoms with Crippen molar-refractivity contribution >= 4 is 0 Å². The van der Waals surface area contributed by atoms with Gasteiger partial charge in [-0.1, -0.05) is 140 Å². The number of hydrogen-bond acceptors (Lipinski definition) is 3. The van der Waals surface area contributed by atoms with Gasteiger partial charge in [0, 0.05) is 27.1 Å². The fourth-order valence-electron chi connectivity index (χ4n) is 5.17. The SMILES string of the molecule is CCCCC=CCCCCCCCCC=CCCC(OC)OC(CCC=CCCCCCCCCC=CCCCC)OC. The van der Waals surface area contributed by atoms with E-state index >= 15 is 0 Å². The van der Waals surface area contributed by atoms with Gasteiger partial charge in [-0.15, -0.1) is 0 Å². The molecule has 0 radical (unpaired) electrons. The van der Waals surface area contributed by atoms with Crippen LogP contribution in [0.4, 0.5) is 0 Å². The van der Waals surface area contributed by atoms with E-state index in [-0.39, 0.29) is 12.6 Å². The van der Waals surface area contributed by atoms with Crippen LogP contribution in [0.15, 0.2) is 48.6 Å². The Labute approximate surface area is 270 Å². The number of methoxy groups -OCH3 is 2. The molecule has 2 unspecified atom stereocenters. The molecule has 0 N–H and O–H groups in total. The lowest BCUT2D eigenvalue weighted by Crippen LogP contribution is -2.25. The van der Waals surface area contributed by atoms with E-state index in [0.29, 0.717) is 0 Å². The fraction of sp³-hybridized carbons (Fsp3) is 0.800. The Hall–Kier alpha value is -1.16. The van der Waals surface area contributed by atoms with Crippen molar-refractivity contribution in [2.24, 2.45) is 0 Å². The third-order valence-corrected chi connectivity index (χ3v) is 8.07. The molecule has 3 heteroatoms. The van der Waals surface area contributed by atoms with Crippen molar-refractivity contribution in [3.8, 4) is 0 Å². The zero-order valence-electron chi connectivity index (χ0n) is 29.4. The fourth-order valence-corrected chi connectivity index (χ4v) is 5.17. The summed E-state index contributed by atoms with van der Waals surface area (Å²) in [4.78, 5) is 0. The first-order valence-corrected chi connectivity index (χ1v) is 18.6. The van der Waals surface area contributed by atoms with Crippen LogP contribution in [0.2, 0.25) is 0 Å². The smallest absolute Gasteiger partial charge is 0.160 e. The van der Waals surface area contributed by atoms with Crippen molar-refractivity contribution in [2.45, 2.75) is 193 Å². The molecule has 3 nitrogen and oxygen atoms in total.